The number of aromatic nitrogens is 3. The first kappa shape index (κ1) is 25.3. The van der Waals surface area contributed by atoms with Gasteiger partial charge in [-0.1, -0.05) is 61.5 Å². The molecule has 3 amide bonds. The van der Waals surface area contributed by atoms with Crippen molar-refractivity contribution in [3.05, 3.63) is 65.5 Å². The predicted molar refractivity (Wildman–Crippen MR) is 134 cm³/mol. The number of hydrogen-bond acceptors (Lipinski definition) is 6. The molecule has 0 unspecified atom stereocenters. The third-order valence-corrected chi connectivity index (χ3v) is 6.02. The van der Waals surface area contributed by atoms with Gasteiger partial charge in [0.05, 0.1) is 5.75 Å². The number of aryl methyl sites for hydroxylation is 2. The standard InChI is InChI=1S/C25H31N5O3S/c1-17(2)12-13-30-22(15-33-20-8-6-5-7-9-20)28-29-25(30)34-16-23(31)27-24(32)26-21-11-10-18(3)14-19(21)4/h5-11,14,17H,12-13,15-16H2,1-4H3,(H2,26,27,31,32). The van der Waals surface area contributed by atoms with Gasteiger partial charge in [-0.2, -0.15) is 0 Å². The van der Waals surface area contributed by atoms with Crippen molar-refractivity contribution in [3.8, 4) is 5.75 Å². The Morgan fingerprint density at radius 3 is 2.56 bits per heavy atom. The van der Waals surface area contributed by atoms with Crippen LogP contribution in [-0.4, -0.2) is 32.5 Å². The van der Waals surface area contributed by atoms with Crippen molar-refractivity contribution >= 4 is 29.4 Å². The maximum atomic E-state index is 12.4. The number of thioether (sulfide) groups is 1. The number of ether oxygens (including phenoxy) is 1. The van der Waals surface area contributed by atoms with Crippen LogP contribution in [0.15, 0.2) is 53.7 Å². The van der Waals surface area contributed by atoms with E-state index in [2.05, 4.69) is 34.7 Å². The maximum absolute atomic E-state index is 12.4. The fourth-order valence-electron chi connectivity index (χ4n) is 3.21. The Morgan fingerprint density at radius 1 is 1.09 bits per heavy atom. The van der Waals surface area contributed by atoms with Gasteiger partial charge in [-0.3, -0.25) is 10.1 Å². The molecule has 2 aromatic carbocycles. The van der Waals surface area contributed by atoms with E-state index in [1.807, 2.05) is 66.9 Å². The van der Waals surface area contributed by atoms with Gasteiger partial charge in [-0.25, -0.2) is 4.79 Å². The van der Waals surface area contributed by atoms with Crippen LogP contribution in [0.4, 0.5) is 10.5 Å². The molecule has 0 bridgehead atoms. The van der Waals surface area contributed by atoms with Gasteiger partial charge in [0.15, 0.2) is 11.0 Å². The van der Waals surface area contributed by atoms with Crippen molar-refractivity contribution in [2.24, 2.45) is 5.92 Å². The highest BCUT2D eigenvalue weighted by Gasteiger charge is 2.16. The molecule has 3 rings (SSSR count). The molecule has 8 nitrogen and oxygen atoms in total. The molecule has 3 aromatic rings. The van der Waals surface area contributed by atoms with E-state index < -0.39 is 11.9 Å². The van der Waals surface area contributed by atoms with Gasteiger partial charge in [0.1, 0.15) is 12.4 Å². The highest BCUT2D eigenvalue weighted by molar-refractivity contribution is 7.99. The fraction of sp³-hybridized carbons (Fsp3) is 0.360. The number of imide groups is 1. The lowest BCUT2D eigenvalue weighted by molar-refractivity contribution is -0.117. The molecule has 0 atom stereocenters. The van der Waals surface area contributed by atoms with Crippen LogP contribution >= 0.6 is 11.8 Å². The third kappa shape index (κ3) is 7.62. The topological polar surface area (TPSA) is 98.1 Å². The van der Waals surface area contributed by atoms with E-state index in [9.17, 15) is 9.59 Å². The smallest absolute Gasteiger partial charge is 0.325 e. The molecule has 0 aliphatic rings. The second kappa shape index (κ2) is 12.2. The number of carbonyl (C=O) groups is 2. The minimum atomic E-state index is -0.559. The fourth-order valence-corrected chi connectivity index (χ4v) is 3.99. The molecule has 0 radical (unpaired) electrons. The first-order valence-corrected chi connectivity index (χ1v) is 12.2. The summed E-state index contributed by atoms with van der Waals surface area (Å²) >= 11 is 1.24. The summed E-state index contributed by atoms with van der Waals surface area (Å²) in [6, 6.07) is 14.7. The zero-order chi connectivity index (χ0) is 24.5. The number of amides is 3. The van der Waals surface area contributed by atoms with E-state index in [0.29, 0.717) is 22.6 Å². The Morgan fingerprint density at radius 2 is 1.85 bits per heavy atom. The van der Waals surface area contributed by atoms with Crippen molar-refractivity contribution in [2.45, 2.75) is 52.4 Å². The molecule has 34 heavy (non-hydrogen) atoms. The van der Waals surface area contributed by atoms with E-state index in [-0.39, 0.29) is 12.4 Å². The molecule has 0 saturated heterocycles. The summed E-state index contributed by atoms with van der Waals surface area (Å²) in [4.78, 5) is 24.6. The van der Waals surface area contributed by atoms with Crippen LogP contribution < -0.4 is 15.4 Å². The number of nitrogens with zero attached hydrogens (tertiary/aromatic N) is 3. The largest absolute Gasteiger partial charge is 0.486 e. The van der Waals surface area contributed by atoms with Gasteiger partial charge in [0.25, 0.3) is 0 Å². The van der Waals surface area contributed by atoms with Crippen molar-refractivity contribution < 1.29 is 14.3 Å². The first-order chi connectivity index (χ1) is 16.3. The maximum Gasteiger partial charge on any atom is 0.325 e. The number of anilines is 1. The SMILES string of the molecule is Cc1ccc(NC(=O)NC(=O)CSc2nnc(COc3ccccc3)n2CCC(C)C)c(C)c1. The lowest BCUT2D eigenvalue weighted by Crippen LogP contribution is -2.35. The average Bonchev–Trinajstić information content (AvgIpc) is 3.19. The summed E-state index contributed by atoms with van der Waals surface area (Å²) in [5, 5.41) is 14.2. The van der Waals surface area contributed by atoms with E-state index in [0.717, 1.165) is 29.8 Å². The van der Waals surface area contributed by atoms with Gasteiger partial charge < -0.3 is 14.6 Å². The number of para-hydroxylation sites is 1. The van der Waals surface area contributed by atoms with E-state index in [1.165, 1.54) is 11.8 Å². The normalized spacial score (nSPS) is 10.9. The summed E-state index contributed by atoms with van der Waals surface area (Å²) in [5.41, 5.74) is 2.70. The first-order valence-electron chi connectivity index (χ1n) is 11.2. The zero-order valence-corrected chi connectivity index (χ0v) is 20.8. The summed E-state index contributed by atoms with van der Waals surface area (Å²) in [7, 11) is 0. The minimum Gasteiger partial charge on any atom is -0.486 e. The quantitative estimate of drug-likeness (QED) is 0.397. The lowest BCUT2D eigenvalue weighted by Gasteiger charge is -2.12. The van der Waals surface area contributed by atoms with E-state index >= 15 is 0 Å². The Kier molecular flexibility index (Phi) is 9.09. The summed E-state index contributed by atoms with van der Waals surface area (Å²) < 4.78 is 7.82. The summed E-state index contributed by atoms with van der Waals surface area (Å²) in [6.07, 6.45) is 0.939. The number of rotatable bonds is 10. The number of hydrogen-bond donors (Lipinski definition) is 2. The summed E-state index contributed by atoms with van der Waals surface area (Å²) in [5.74, 6) is 1.58. The van der Waals surface area contributed by atoms with Gasteiger partial charge >= 0.3 is 6.03 Å². The predicted octanol–water partition coefficient (Wildman–Crippen LogP) is 4.96. The lowest BCUT2D eigenvalue weighted by atomic mass is 10.1. The van der Waals surface area contributed by atoms with Crippen LogP contribution in [0.2, 0.25) is 0 Å². The molecule has 0 aliphatic carbocycles. The number of urea groups is 1. The van der Waals surface area contributed by atoms with Crippen molar-refractivity contribution in [2.75, 3.05) is 11.1 Å². The zero-order valence-electron chi connectivity index (χ0n) is 20.0. The molecular formula is C25H31N5O3S. The van der Waals surface area contributed by atoms with Gasteiger partial charge in [-0.05, 0) is 49.9 Å². The van der Waals surface area contributed by atoms with Crippen LogP contribution in [0, 0.1) is 19.8 Å². The molecule has 1 heterocycles. The average molecular weight is 482 g/mol. The van der Waals surface area contributed by atoms with E-state index in [1.54, 1.807) is 0 Å². The number of nitrogens with one attached hydrogen (secondary N) is 2. The molecule has 0 aliphatic heterocycles. The third-order valence-electron chi connectivity index (χ3n) is 5.05. The van der Waals surface area contributed by atoms with Crippen LogP contribution in [-0.2, 0) is 17.9 Å². The molecule has 0 saturated carbocycles. The van der Waals surface area contributed by atoms with Gasteiger partial charge in [0, 0.05) is 12.2 Å². The number of carbonyl (C=O) groups excluding carboxylic acids is 2. The van der Waals surface area contributed by atoms with Gasteiger partial charge in [-0.15, -0.1) is 10.2 Å². The minimum absolute atomic E-state index is 0.0413. The molecule has 0 spiro atoms. The Balaban J connectivity index is 1.58. The van der Waals surface area contributed by atoms with Crippen LogP contribution in [0.5, 0.6) is 5.75 Å². The Bertz CT molecular complexity index is 1110. The molecule has 1 aromatic heterocycles. The highest BCUT2D eigenvalue weighted by atomic mass is 32.2. The van der Waals surface area contributed by atoms with Crippen molar-refractivity contribution in [3.63, 3.8) is 0 Å². The highest BCUT2D eigenvalue weighted by Crippen LogP contribution is 2.20. The van der Waals surface area contributed by atoms with Crippen molar-refractivity contribution in [1.29, 1.82) is 0 Å². The Hall–Kier alpha value is -3.33. The molecule has 9 heteroatoms. The molecular weight excluding hydrogens is 450 g/mol. The van der Waals surface area contributed by atoms with Crippen LogP contribution in [0.1, 0.15) is 37.2 Å². The number of benzene rings is 2. The molecule has 180 valence electrons. The summed E-state index contributed by atoms with van der Waals surface area (Å²) in [6.45, 7) is 9.19. The monoisotopic (exact) mass is 481 g/mol. The van der Waals surface area contributed by atoms with Crippen LogP contribution in [0.25, 0.3) is 0 Å². The van der Waals surface area contributed by atoms with E-state index in [4.69, 9.17) is 4.74 Å². The van der Waals surface area contributed by atoms with Crippen LogP contribution in [0.3, 0.4) is 0 Å². The second-order valence-electron chi connectivity index (χ2n) is 8.44. The Labute approximate surface area is 204 Å². The second-order valence-corrected chi connectivity index (χ2v) is 9.39. The van der Waals surface area contributed by atoms with Crippen molar-refractivity contribution in [1.82, 2.24) is 20.1 Å². The van der Waals surface area contributed by atoms with Gasteiger partial charge in [0.2, 0.25) is 5.91 Å². The molecule has 2 N–H and O–H groups in total. The molecule has 0 fully saturated rings.